The van der Waals surface area contributed by atoms with E-state index >= 15 is 0 Å². The maximum Gasteiger partial charge on any atom is 0.233 e. The number of sulfonamides is 1. The molecule has 0 bridgehead atoms. The summed E-state index contributed by atoms with van der Waals surface area (Å²) in [5.41, 5.74) is 2.69. The van der Waals surface area contributed by atoms with E-state index in [1.54, 1.807) is 12.3 Å². The molecule has 1 N–H and O–H groups in total. The molecule has 0 saturated heterocycles. The van der Waals surface area contributed by atoms with E-state index in [2.05, 4.69) is 33.7 Å². The summed E-state index contributed by atoms with van der Waals surface area (Å²) in [6, 6.07) is 23.4. The van der Waals surface area contributed by atoms with Gasteiger partial charge in [-0.05, 0) is 36.6 Å². The number of nitrogens with one attached hydrogen (secondary N) is 1. The number of nitrogens with zero attached hydrogens (tertiary/aromatic N) is 2. The monoisotopic (exact) mass is 395 g/mol. The molecule has 0 spiro atoms. The first-order chi connectivity index (χ1) is 13.6. The summed E-state index contributed by atoms with van der Waals surface area (Å²) in [5, 5.41) is 0. The van der Waals surface area contributed by atoms with Gasteiger partial charge in [0.2, 0.25) is 10.0 Å². The molecule has 0 atom stereocenters. The SMILES string of the molecule is CCN(Cc1ccccc1)c1ccc(NS(=O)(=O)CCc2ccccc2)cn1. The first-order valence-corrected chi connectivity index (χ1v) is 11.0. The third-order valence-corrected chi connectivity index (χ3v) is 5.73. The Bertz CT molecular complexity index is 960. The van der Waals surface area contributed by atoms with Crippen LogP contribution in [0.1, 0.15) is 18.1 Å². The van der Waals surface area contributed by atoms with Gasteiger partial charge in [-0.1, -0.05) is 60.7 Å². The zero-order valence-electron chi connectivity index (χ0n) is 16.0. The Hall–Kier alpha value is -2.86. The highest BCUT2D eigenvalue weighted by Gasteiger charge is 2.12. The Morgan fingerprint density at radius 3 is 2.11 bits per heavy atom. The molecule has 3 rings (SSSR count). The van der Waals surface area contributed by atoms with Crippen molar-refractivity contribution in [2.24, 2.45) is 0 Å². The molecule has 1 aromatic heterocycles. The van der Waals surface area contributed by atoms with Crippen LogP contribution in [-0.4, -0.2) is 25.7 Å². The van der Waals surface area contributed by atoms with Gasteiger partial charge in [0.1, 0.15) is 5.82 Å². The fourth-order valence-corrected chi connectivity index (χ4v) is 4.01. The minimum Gasteiger partial charge on any atom is -0.353 e. The van der Waals surface area contributed by atoms with E-state index in [1.807, 2.05) is 54.6 Å². The van der Waals surface area contributed by atoms with Crippen molar-refractivity contribution in [2.75, 3.05) is 21.9 Å². The summed E-state index contributed by atoms with van der Waals surface area (Å²) < 4.78 is 27.3. The number of anilines is 2. The van der Waals surface area contributed by atoms with Crippen molar-refractivity contribution in [3.05, 3.63) is 90.1 Å². The van der Waals surface area contributed by atoms with Gasteiger partial charge in [0, 0.05) is 13.1 Å². The summed E-state index contributed by atoms with van der Waals surface area (Å²) in [5.74, 6) is 0.854. The van der Waals surface area contributed by atoms with Gasteiger partial charge in [-0.25, -0.2) is 13.4 Å². The molecule has 2 aromatic carbocycles. The molecular formula is C22H25N3O2S. The van der Waals surface area contributed by atoms with Crippen LogP contribution in [0.25, 0.3) is 0 Å². The second-order valence-electron chi connectivity index (χ2n) is 6.56. The highest BCUT2D eigenvalue weighted by molar-refractivity contribution is 7.92. The van der Waals surface area contributed by atoms with E-state index in [-0.39, 0.29) is 5.75 Å². The summed E-state index contributed by atoms with van der Waals surface area (Å²) >= 11 is 0. The third kappa shape index (κ3) is 5.82. The number of hydrogen-bond donors (Lipinski definition) is 1. The van der Waals surface area contributed by atoms with E-state index in [4.69, 9.17) is 0 Å². The van der Waals surface area contributed by atoms with Crippen LogP contribution >= 0.6 is 0 Å². The van der Waals surface area contributed by atoms with Crippen LogP contribution in [0.5, 0.6) is 0 Å². The van der Waals surface area contributed by atoms with Crippen molar-refractivity contribution >= 4 is 21.5 Å². The van der Waals surface area contributed by atoms with Crippen molar-refractivity contribution in [3.8, 4) is 0 Å². The molecular weight excluding hydrogens is 370 g/mol. The maximum atomic E-state index is 12.3. The second kappa shape index (κ2) is 9.37. The number of rotatable bonds is 9. The predicted molar refractivity (Wildman–Crippen MR) is 115 cm³/mol. The number of aryl methyl sites for hydroxylation is 1. The highest BCUT2D eigenvalue weighted by atomic mass is 32.2. The highest BCUT2D eigenvalue weighted by Crippen LogP contribution is 2.18. The molecule has 0 aliphatic rings. The molecule has 1 heterocycles. The lowest BCUT2D eigenvalue weighted by Crippen LogP contribution is -2.23. The van der Waals surface area contributed by atoms with Crippen molar-refractivity contribution in [3.63, 3.8) is 0 Å². The molecule has 0 unspecified atom stereocenters. The number of benzene rings is 2. The van der Waals surface area contributed by atoms with Gasteiger partial charge in [0.25, 0.3) is 0 Å². The molecule has 5 nitrogen and oxygen atoms in total. The average Bonchev–Trinajstić information content (AvgIpc) is 2.73. The molecule has 0 saturated carbocycles. The second-order valence-corrected chi connectivity index (χ2v) is 8.40. The first kappa shape index (κ1) is 19.9. The van der Waals surface area contributed by atoms with Crippen molar-refractivity contribution in [2.45, 2.75) is 19.9 Å². The van der Waals surface area contributed by atoms with E-state index in [1.165, 1.54) is 5.56 Å². The Kier molecular flexibility index (Phi) is 6.66. The summed E-state index contributed by atoms with van der Waals surface area (Å²) in [7, 11) is -3.42. The fourth-order valence-electron chi connectivity index (χ4n) is 2.92. The minimum atomic E-state index is -3.42. The molecule has 146 valence electrons. The topological polar surface area (TPSA) is 62.3 Å². The standard InChI is InChI=1S/C22H25N3O2S/c1-2-25(18-20-11-7-4-8-12-20)22-14-13-21(17-23-22)24-28(26,27)16-15-19-9-5-3-6-10-19/h3-14,17,24H,2,15-16,18H2,1H3. The number of aromatic nitrogens is 1. The van der Waals surface area contributed by atoms with Crippen LogP contribution in [0.3, 0.4) is 0 Å². The minimum absolute atomic E-state index is 0.0356. The van der Waals surface area contributed by atoms with Crippen molar-refractivity contribution < 1.29 is 8.42 Å². The van der Waals surface area contributed by atoms with Gasteiger partial charge in [0.15, 0.2) is 0 Å². The van der Waals surface area contributed by atoms with Crippen LogP contribution in [0, 0.1) is 0 Å². The van der Waals surface area contributed by atoms with Gasteiger partial charge in [-0.2, -0.15) is 0 Å². The molecule has 0 amide bonds. The van der Waals surface area contributed by atoms with Gasteiger partial charge in [-0.15, -0.1) is 0 Å². The summed E-state index contributed by atoms with van der Waals surface area (Å²) in [4.78, 5) is 6.59. The molecule has 0 radical (unpaired) electrons. The van der Waals surface area contributed by atoms with E-state index < -0.39 is 10.0 Å². The quantitative estimate of drug-likeness (QED) is 0.593. The van der Waals surface area contributed by atoms with E-state index in [9.17, 15) is 8.42 Å². The van der Waals surface area contributed by atoms with Crippen LogP contribution in [0.15, 0.2) is 79.0 Å². The smallest absolute Gasteiger partial charge is 0.233 e. The Balaban J connectivity index is 1.61. The Morgan fingerprint density at radius 1 is 0.893 bits per heavy atom. The first-order valence-electron chi connectivity index (χ1n) is 9.35. The molecule has 0 fully saturated rings. The lowest BCUT2D eigenvalue weighted by Gasteiger charge is -2.22. The molecule has 3 aromatic rings. The fraction of sp³-hybridized carbons (Fsp3) is 0.227. The van der Waals surface area contributed by atoms with Gasteiger partial charge < -0.3 is 4.90 Å². The lowest BCUT2D eigenvalue weighted by molar-refractivity contribution is 0.600. The number of pyridine rings is 1. The zero-order valence-corrected chi connectivity index (χ0v) is 16.8. The van der Waals surface area contributed by atoms with Crippen molar-refractivity contribution in [1.82, 2.24) is 4.98 Å². The molecule has 0 aliphatic carbocycles. The largest absolute Gasteiger partial charge is 0.353 e. The van der Waals surface area contributed by atoms with Crippen molar-refractivity contribution in [1.29, 1.82) is 0 Å². The normalized spacial score (nSPS) is 11.2. The van der Waals surface area contributed by atoms with Gasteiger partial charge in [0.05, 0.1) is 17.6 Å². The lowest BCUT2D eigenvalue weighted by atomic mass is 10.2. The average molecular weight is 396 g/mol. The van der Waals surface area contributed by atoms with Crippen LogP contribution in [0.2, 0.25) is 0 Å². The number of hydrogen-bond acceptors (Lipinski definition) is 4. The van der Waals surface area contributed by atoms with Crippen LogP contribution in [0.4, 0.5) is 11.5 Å². The summed E-state index contributed by atoms with van der Waals surface area (Å²) in [6.45, 7) is 3.64. The molecule has 0 aliphatic heterocycles. The molecule has 28 heavy (non-hydrogen) atoms. The van der Waals surface area contributed by atoms with Gasteiger partial charge >= 0.3 is 0 Å². The maximum absolute atomic E-state index is 12.3. The van der Waals surface area contributed by atoms with E-state index in [0.717, 1.165) is 24.5 Å². The summed E-state index contributed by atoms with van der Waals surface area (Å²) in [6.07, 6.45) is 2.05. The zero-order chi connectivity index (χ0) is 19.8. The van der Waals surface area contributed by atoms with Crippen LogP contribution < -0.4 is 9.62 Å². The van der Waals surface area contributed by atoms with E-state index in [0.29, 0.717) is 12.1 Å². The predicted octanol–water partition coefficient (Wildman–Crippen LogP) is 4.09. The van der Waals surface area contributed by atoms with Gasteiger partial charge in [-0.3, -0.25) is 4.72 Å². The molecule has 6 heteroatoms. The van der Waals surface area contributed by atoms with Crippen LogP contribution in [-0.2, 0) is 23.0 Å². The third-order valence-electron chi connectivity index (χ3n) is 4.45. The Labute approximate surface area is 167 Å². The Morgan fingerprint density at radius 2 is 1.54 bits per heavy atom.